The molecule has 0 N–H and O–H groups in total. The molecule has 0 radical (unpaired) electrons. The smallest absolute Gasteiger partial charge is 0.410 e. The summed E-state index contributed by atoms with van der Waals surface area (Å²) in [4.78, 5) is 31.1. The number of benzene rings is 1. The van der Waals surface area contributed by atoms with Crippen LogP contribution in [0.3, 0.4) is 0 Å². The molecule has 8 heteroatoms. The lowest BCUT2D eigenvalue weighted by molar-refractivity contribution is 0.0137. The van der Waals surface area contributed by atoms with E-state index < -0.39 is 5.60 Å². The Hall–Kier alpha value is -2.74. The zero-order chi connectivity index (χ0) is 24.5. The van der Waals surface area contributed by atoms with Crippen LogP contribution >= 0.6 is 0 Å². The SMILES string of the molecule is CC(C)N1CCC(Oc2ccc3oc(C(=O)N4CCN(C(=O)OC(C)(C)C)CC4)cc3c2)CC1. The highest BCUT2D eigenvalue weighted by atomic mass is 16.6. The van der Waals surface area contributed by atoms with Crippen LogP contribution in [0.1, 0.15) is 58.0 Å². The van der Waals surface area contributed by atoms with Crippen LogP contribution in [0, 0.1) is 0 Å². The molecular weight excluding hydrogens is 434 g/mol. The third-order valence-electron chi connectivity index (χ3n) is 6.43. The van der Waals surface area contributed by atoms with Gasteiger partial charge in [0.1, 0.15) is 23.0 Å². The van der Waals surface area contributed by atoms with Crippen LogP contribution in [-0.2, 0) is 4.74 Å². The molecule has 0 spiro atoms. The first-order valence-electron chi connectivity index (χ1n) is 12.3. The van der Waals surface area contributed by atoms with E-state index in [0.29, 0.717) is 43.6 Å². The number of piperidine rings is 1. The van der Waals surface area contributed by atoms with Crippen molar-refractivity contribution in [3.05, 3.63) is 30.0 Å². The molecule has 0 atom stereocenters. The van der Waals surface area contributed by atoms with Crippen LogP contribution in [0.25, 0.3) is 11.0 Å². The predicted molar refractivity (Wildman–Crippen MR) is 130 cm³/mol. The summed E-state index contributed by atoms with van der Waals surface area (Å²) in [6.07, 6.45) is 1.90. The molecule has 2 aliphatic rings. The van der Waals surface area contributed by atoms with Crippen LogP contribution in [0.15, 0.2) is 28.7 Å². The van der Waals surface area contributed by atoms with Crippen molar-refractivity contribution in [1.82, 2.24) is 14.7 Å². The van der Waals surface area contributed by atoms with Crippen molar-refractivity contribution in [3.8, 4) is 5.75 Å². The maximum atomic E-state index is 13.0. The van der Waals surface area contributed by atoms with Crippen molar-refractivity contribution in [2.75, 3.05) is 39.3 Å². The Morgan fingerprint density at radius 3 is 2.24 bits per heavy atom. The quantitative estimate of drug-likeness (QED) is 0.659. The van der Waals surface area contributed by atoms with E-state index in [4.69, 9.17) is 13.9 Å². The van der Waals surface area contributed by atoms with Gasteiger partial charge in [0.25, 0.3) is 5.91 Å². The summed E-state index contributed by atoms with van der Waals surface area (Å²) in [6.45, 7) is 13.9. The number of likely N-dealkylation sites (tertiary alicyclic amines) is 1. The summed E-state index contributed by atoms with van der Waals surface area (Å²) in [5, 5.41) is 0.854. The number of rotatable bonds is 4. The maximum Gasteiger partial charge on any atom is 0.410 e. The van der Waals surface area contributed by atoms with Crippen molar-refractivity contribution in [2.24, 2.45) is 0 Å². The van der Waals surface area contributed by atoms with Crippen LogP contribution in [0.4, 0.5) is 4.79 Å². The van der Waals surface area contributed by atoms with Gasteiger partial charge in [0.05, 0.1) is 0 Å². The van der Waals surface area contributed by atoms with Gasteiger partial charge in [-0.15, -0.1) is 0 Å². The molecule has 2 aromatic rings. The zero-order valence-corrected chi connectivity index (χ0v) is 21.0. The fourth-order valence-corrected chi connectivity index (χ4v) is 4.48. The monoisotopic (exact) mass is 471 g/mol. The number of nitrogens with zero attached hydrogens (tertiary/aromatic N) is 3. The van der Waals surface area contributed by atoms with Crippen molar-refractivity contribution >= 4 is 23.0 Å². The Morgan fingerprint density at radius 2 is 1.62 bits per heavy atom. The van der Waals surface area contributed by atoms with Crippen LogP contribution in [0.5, 0.6) is 5.75 Å². The summed E-state index contributed by atoms with van der Waals surface area (Å²) >= 11 is 0. The molecule has 8 nitrogen and oxygen atoms in total. The standard InChI is InChI=1S/C26H37N3O5/c1-18(2)27-10-8-20(9-11-27)32-21-6-7-22-19(16-21)17-23(33-22)24(30)28-12-14-29(15-13-28)25(31)34-26(3,4)5/h6-7,16-18,20H,8-15H2,1-5H3. The molecule has 0 unspecified atom stereocenters. The second kappa shape index (κ2) is 9.86. The molecule has 1 aromatic heterocycles. The molecule has 0 bridgehead atoms. The molecule has 4 rings (SSSR count). The van der Waals surface area contributed by atoms with Gasteiger partial charge in [-0.2, -0.15) is 0 Å². The summed E-state index contributed by atoms with van der Waals surface area (Å²) in [7, 11) is 0. The van der Waals surface area contributed by atoms with E-state index in [9.17, 15) is 9.59 Å². The van der Waals surface area contributed by atoms with E-state index in [2.05, 4.69) is 18.7 Å². The molecule has 2 amide bonds. The highest BCUT2D eigenvalue weighted by Crippen LogP contribution is 2.27. The molecule has 2 saturated heterocycles. The summed E-state index contributed by atoms with van der Waals surface area (Å²) in [5.41, 5.74) is 0.129. The number of amides is 2. The van der Waals surface area contributed by atoms with Crippen LogP contribution in [0.2, 0.25) is 0 Å². The van der Waals surface area contributed by atoms with Gasteiger partial charge in [0.15, 0.2) is 5.76 Å². The lowest BCUT2D eigenvalue weighted by Gasteiger charge is -2.35. The average Bonchev–Trinajstić information content (AvgIpc) is 3.21. The van der Waals surface area contributed by atoms with Gasteiger partial charge >= 0.3 is 6.09 Å². The normalized spacial score (nSPS) is 18.5. The molecule has 2 aliphatic heterocycles. The number of hydrogen-bond acceptors (Lipinski definition) is 6. The molecular formula is C26H37N3O5. The first kappa shape index (κ1) is 24.4. The van der Waals surface area contributed by atoms with Gasteiger partial charge in [-0.1, -0.05) is 0 Å². The summed E-state index contributed by atoms with van der Waals surface area (Å²) in [5.74, 6) is 0.952. The number of furan rings is 1. The highest BCUT2D eigenvalue weighted by Gasteiger charge is 2.29. The van der Waals surface area contributed by atoms with E-state index in [-0.39, 0.29) is 18.1 Å². The Kier molecular flexibility index (Phi) is 7.07. The van der Waals surface area contributed by atoms with E-state index >= 15 is 0 Å². The molecule has 1 aromatic carbocycles. The van der Waals surface area contributed by atoms with Gasteiger partial charge in [-0.05, 0) is 71.7 Å². The number of carbonyl (C=O) groups excluding carboxylic acids is 2. The molecule has 34 heavy (non-hydrogen) atoms. The first-order chi connectivity index (χ1) is 16.1. The highest BCUT2D eigenvalue weighted by molar-refractivity contribution is 5.96. The van der Waals surface area contributed by atoms with Gasteiger partial charge in [0, 0.05) is 50.7 Å². The number of ether oxygens (including phenoxy) is 2. The van der Waals surface area contributed by atoms with Crippen molar-refractivity contribution < 1.29 is 23.5 Å². The fraction of sp³-hybridized carbons (Fsp3) is 0.615. The number of piperazine rings is 1. The third-order valence-corrected chi connectivity index (χ3v) is 6.43. The van der Waals surface area contributed by atoms with E-state index in [1.807, 2.05) is 39.0 Å². The maximum absolute atomic E-state index is 13.0. The minimum Gasteiger partial charge on any atom is -0.490 e. The molecule has 2 fully saturated rings. The number of fused-ring (bicyclic) bond motifs is 1. The Morgan fingerprint density at radius 1 is 0.971 bits per heavy atom. The van der Waals surface area contributed by atoms with Crippen molar-refractivity contribution in [3.63, 3.8) is 0 Å². The van der Waals surface area contributed by atoms with Gasteiger partial charge in [-0.25, -0.2) is 4.79 Å². The van der Waals surface area contributed by atoms with Gasteiger partial charge in [0.2, 0.25) is 0 Å². The zero-order valence-electron chi connectivity index (χ0n) is 21.0. The predicted octanol–water partition coefficient (Wildman–Crippen LogP) is 4.38. The minimum atomic E-state index is -0.535. The number of carbonyl (C=O) groups is 2. The van der Waals surface area contributed by atoms with Gasteiger partial charge in [-0.3, -0.25) is 4.79 Å². The molecule has 0 saturated carbocycles. The number of hydrogen-bond donors (Lipinski definition) is 0. The Bertz CT molecular complexity index is 1010. The first-order valence-corrected chi connectivity index (χ1v) is 12.3. The van der Waals surface area contributed by atoms with E-state index in [1.165, 1.54) is 0 Å². The second-order valence-corrected chi connectivity index (χ2v) is 10.5. The lowest BCUT2D eigenvalue weighted by Crippen LogP contribution is -2.51. The van der Waals surface area contributed by atoms with Crippen molar-refractivity contribution in [1.29, 1.82) is 0 Å². The average molecular weight is 472 g/mol. The Labute approximate surface area is 201 Å². The molecule has 0 aliphatic carbocycles. The summed E-state index contributed by atoms with van der Waals surface area (Å²) < 4.78 is 17.5. The molecule has 186 valence electrons. The topological polar surface area (TPSA) is 75.5 Å². The molecule has 3 heterocycles. The second-order valence-electron chi connectivity index (χ2n) is 10.5. The summed E-state index contributed by atoms with van der Waals surface area (Å²) in [6, 6.07) is 8.08. The van der Waals surface area contributed by atoms with Crippen LogP contribution < -0.4 is 4.74 Å². The van der Waals surface area contributed by atoms with E-state index in [1.54, 1.807) is 15.9 Å². The third kappa shape index (κ3) is 5.84. The minimum absolute atomic E-state index is 0.163. The largest absolute Gasteiger partial charge is 0.490 e. The Balaban J connectivity index is 1.34. The fourth-order valence-electron chi connectivity index (χ4n) is 4.48. The van der Waals surface area contributed by atoms with Crippen LogP contribution in [-0.4, -0.2) is 83.7 Å². The lowest BCUT2D eigenvalue weighted by atomic mass is 10.1. The van der Waals surface area contributed by atoms with Crippen molar-refractivity contribution in [2.45, 2.75) is 65.2 Å². The van der Waals surface area contributed by atoms with E-state index in [0.717, 1.165) is 37.1 Å². The van der Waals surface area contributed by atoms with Gasteiger partial charge < -0.3 is 28.6 Å².